The van der Waals surface area contributed by atoms with Crippen LogP contribution in [0.2, 0.25) is 0 Å². The topological polar surface area (TPSA) is 132 Å². The minimum Gasteiger partial charge on any atom is -0.297 e. The summed E-state index contributed by atoms with van der Waals surface area (Å²) in [6.45, 7) is 0. The second-order valence-electron chi connectivity index (χ2n) is 5.17. The van der Waals surface area contributed by atoms with Crippen molar-refractivity contribution in [1.29, 1.82) is 0 Å². The maximum absolute atomic E-state index is 12.3. The Bertz CT molecular complexity index is 1210. The highest BCUT2D eigenvalue weighted by Crippen LogP contribution is 2.21. The first-order chi connectivity index (χ1) is 11.1. The van der Waals surface area contributed by atoms with Gasteiger partial charge >= 0.3 is 0 Å². The Kier molecular flexibility index (Phi) is 3.57. The number of aromatic amines is 1. The van der Waals surface area contributed by atoms with E-state index in [0.717, 1.165) is 17.2 Å². The first-order valence-corrected chi connectivity index (χ1v) is 10.4. The van der Waals surface area contributed by atoms with E-state index in [1.165, 1.54) is 0 Å². The molecule has 0 saturated carbocycles. The average Bonchev–Trinajstić information content (AvgIpc) is 2.87. The molecule has 11 heteroatoms. The molecule has 0 aliphatic rings. The molecule has 0 radical (unpaired) electrons. The van der Waals surface area contributed by atoms with Gasteiger partial charge < -0.3 is 0 Å². The molecular formula is C13H12N4O5S2. The normalized spacial score (nSPS) is 12.6. The molecule has 2 aromatic heterocycles. The predicted molar refractivity (Wildman–Crippen MR) is 85.7 cm³/mol. The minimum atomic E-state index is -3.83. The lowest BCUT2D eigenvalue weighted by Gasteiger charge is -2.03. The van der Waals surface area contributed by atoms with Crippen molar-refractivity contribution in [3.8, 4) is 5.69 Å². The largest absolute Gasteiger partial charge is 0.297 e. The van der Waals surface area contributed by atoms with Gasteiger partial charge in [0.15, 0.2) is 20.5 Å². The van der Waals surface area contributed by atoms with E-state index in [0.29, 0.717) is 5.69 Å². The lowest BCUT2D eigenvalue weighted by Crippen LogP contribution is -2.16. The van der Waals surface area contributed by atoms with Gasteiger partial charge in [0, 0.05) is 12.5 Å². The zero-order valence-electron chi connectivity index (χ0n) is 12.6. The fraction of sp³-hybridized carbons (Fsp3) is 0.154. The molecule has 0 saturated heterocycles. The summed E-state index contributed by atoms with van der Waals surface area (Å²) in [7, 11) is -7.63. The highest BCUT2D eigenvalue weighted by molar-refractivity contribution is 7.91. The van der Waals surface area contributed by atoms with Crippen molar-refractivity contribution in [2.75, 3.05) is 12.5 Å². The Morgan fingerprint density at radius 3 is 2.17 bits per heavy atom. The summed E-state index contributed by atoms with van der Waals surface area (Å²) in [6.07, 6.45) is 1.80. The van der Waals surface area contributed by atoms with E-state index in [1.54, 1.807) is 30.3 Å². The van der Waals surface area contributed by atoms with Crippen LogP contribution >= 0.6 is 0 Å². The Morgan fingerprint density at radius 2 is 1.62 bits per heavy atom. The van der Waals surface area contributed by atoms with Crippen LogP contribution in [0.1, 0.15) is 0 Å². The summed E-state index contributed by atoms with van der Waals surface area (Å²) in [5.41, 5.74) is -0.594. The van der Waals surface area contributed by atoms with Crippen LogP contribution in [0.3, 0.4) is 0 Å². The Labute approximate surface area is 136 Å². The lowest BCUT2D eigenvalue weighted by atomic mass is 10.3. The molecule has 0 fully saturated rings. The van der Waals surface area contributed by atoms with Gasteiger partial charge in [0.25, 0.3) is 5.56 Å². The number of aromatic nitrogens is 4. The molecular weight excluding hydrogens is 356 g/mol. The molecule has 0 unspecified atom stereocenters. The molecule has 3 aromatic rings. The number of hydrogen-bond acceptors (Lipinski definition) is 7. The smallest absolute Gasteiger partial charge is 0.264 e. The van der Waals surface area contributed by atoms with Crippen molar-refractivity contribution in [2.45, 2.75) is 10.2 Å². The number of nitrogens with one attached hydrogen (secondary N) is 1. The van der Waals surface area contributed by atoms with E-state index in [2.05, 4.69) is 15.1 Å². The Hall–Kier alpha value is -2.53. The van der Waals surface area contributed by atoms with Crippen LogP contribution in [-0.2, 0) is 19.7 Å². The maximum atomic E-state index is 12.3. The quantitative estimate of drug-likeness (QED) is 0.639. The van der Waals surface area contributed by atoms with Gasteiger partial charge in [0.1, 0.15) is 5.39 Å². The zero-order chi connectivity index (χ0) is 17.7. The average molecular weight is 368 g/mol. The number of H-pyrrole nitrogens is 1. The number of benzene rings is 1. The van der Waals surface area contributed by atoms with Crippen LogP contribution in [0.5, 0.6) is 0 Å². The first-order valence-electron chi connectivity index (χ1n) is 6.57. The third-order valence-corrected chi connectivity index (χ3v) is 5.07. The molecule has 0 atom stereocenters. The molecule has 0 aliphatic carbocycles. The molecule has 24 heavy (non-hydrogen) atoms. The molecule has 0 spiro atoms. The van der Waals surface area contributed by atoms with Gasteiger partial charge in [-0.2, -0.15) is 10.1 Å². The van der Waals surface area contributed by atoms with E-state index >= 15 is 0 Å². The predicted octanol–water partition coefficient (Wildman–Crippen LogP) is -0.0842. The van der Waals surface area contributed by atoms with Gasteiger partial charge in [0.2, 0.25) is 15.0 Å². The molecule has 3 rings (SSSR count). The zero-order valence-corrected chi connectivity index (χ0v) is 14.2. The molecule has 2 heterocycles. The molecule has 0 bridgehead atoms. The van der Waals surface area contributed by atoms with Crippen LogP contribution in [0.25, 0.3) is 16.7 Å². The van der Waals surface area contributed by atoms with E-state index in [1.807, 2.05) is 0 Å². The lowest BCUT2D eigenvalue weighted by molar-refractivity contribution is 0.592. The van der Waals surface area contributed by atoms with Gasteiger partial charge in [-0.1, -0.05) is 18.2 Å². The summed E-state index contributed by atoms with van der Waals surface area (Å²) in [4.78, 5) is 18.3. The van der Waals surface area contributed by atoms with Crippen molar-refractivity contribution in [3.05, 3.63) is 40.7 Å². The van der Waals surface area contributed by atoms with E-state index in [-0.39, 0.29) is 11.0 Å². The van der Waals surface area contributed by atoms with Gasteiger partial charge in [-0.15, -0.1) is 0 Å². The van der Waals surface area contributed by atoms with E-state index in [4.69, 9.17) is 0 Å². The van der Waals surface area contributed by atoms with Crippen molar-refractivity contribution in [3.63, 3.8) is 0 Å². The molecule has 126 valence electrons. The maximum Gasteiger partial charge on any atom is 0.264 e. The van der Waals surface area contributed by atoms with Crippen molar-refractivity contribution >= 4 is 30.7 Å². The van der Waals surface area contributed by atoms with E-state index in [9.17, 15) is 21.6 Å². The van der Waals surface area contributed by atoms with Crippen molar-refractivity contribution < 1.29 is 16.8 Å². The van der Waals surface area contributed by atoms with Crippen molar-refractivity contribution in [1.82, 2.24) is 19.7 Å². The van der Waals surface area contributed by atoms with Crippen LogP contribution in [0.4, 0.5) is 0 Å². The summed E-state index contributed by atoms with van der Waals surface area (Å²) in [6, 6.07) is 8.37. The monoisotopic (exact) mass is 368 g/mol. The van der Waals surface area contributed by atoms with Gasteiger partial charge in [-0.25, -0.2) is 21.5 Å². The van der Waals surface area contributed by atoms with Crippen LogP contribution in [0.15, 0.2) is 45.3 Å². The van der Waals surface area contributed by atoms with Crippen LogP contribution < -0.4 is 5.56 Å². The Morgan fingerprint density at radius 1 is 1.00 bits per heavy atom. The molecule has 9 nitrogen and oxygen atoms in total. The number of rotatable bonds is 3. The van der Waals surface area contributed by atoms with Crippen molar-refractivity contribution in [2.24, 2.45) is 0 Å². The summed E-state index contributed by atoms with van der Waals surface area (Å²) < 4.78 is 48.4. The third kappa shape index (κ3) is 2.71. The van der Waals surface area contributed by atoms with Gasteiger partial charge in [-0.05, 0) is 12.1 Å². The summed E-state index contributed by atoms with van der Waals surface area (Å²) in [5, 5.41) is 2.66. The van der Waals surface area contributed by atoms with Gasteiger partial charge in [0.05, 0.1) is 5.69 Å². The number of sulfone groups is 2. The number of para-hydroxylation sites is 1. The van der Waals surface area contributed by atoms with E-state index < -0.39 is 35.4 Å². The fourth-order valence-electron chi connectivity index (χ4n) is 2.16. The number of fused-ring (bicyclic) bond motifs is 1. The van der Waals surface area contributed by atoms with Crippen LogP contribution in [-0.4, -0.2) is 49.1 Å². The first kappa shape index (κ1) is 16.3. The fourth-order valence-corrected chi connectivity index (χ4v) is 3.47. The Balaban J connectivity index is 2.53. The minimum absolute atomic E-state index is 0.147. The second-order valence-corrected chi connectivity index (χ2v) is 9.03. The molecule has 0 aliphatic heterocycles. The summed E-state index contributed by atoms with van der Waals surface area (Å²) in [5.74, 6) is 0. The molecule has 0 amide bonds. The van der Waals surface area contributed by atoms with Gasteiger partial charge in [-0.3, -0.25) is 9.78 Å². The molecule has 1 N–H and O–H groups in total. The number of hydrogen-bond donors (Lipinski definition) is 1. The third-order valence-electron chi connectivity index (χ3n) is 3.19. The second kappa shape index (κ2) is 5.24. The molecule has 1 aromatic carbocycles. The summed E-state index contributed by atoms with van der Waals surface area (Å²) >= 11 is 0. The highest BCUT2D eigenvalue weighted by atomic mass is 32.2. The standard InChI is InChI=1S/C13H12N4O5S2/c1-23(19,20)12-9-10(14-13(15-11(9)18)24(2,21)22)17(16-12)8-6-4-3-5-7-8/h3-7H,1-2H3,(H,14,15,18). The highest BCUT2D eigenvalue weighted by Gasteiger charge is 2.25. The SMILES string of the molecule is CS(=O)(=O)c1nc2c(c(S(C)(=O)=O)nn2-c2ccccc2)c(=O)[nH]1. The van der Waals surface area contributed by atoms with Crippen LogP contribution in [0, 0.1) is 0 Å². The number of nitrogens with zero attached hydrogens (tertiary/aromatic N) is 3.